The molecule has 5 aliphatic rings. The number of pyridine rings is 1. The van der Waals surface area contributed by atoms with Gasteiger partial charge in [0.25, 0.3) is 0 Å². The summed E-state index contributed by atoms with van der Waals surface area (Å²) in [5.74, 6) is 4.88. The summed E-state index contributed by atoms with van der Waals surface area (Å²) < 4.78 is 6.15. The van der Waals surface area contributed by atoms with Crippen LogP contribution in [0.1, 0.15) is 97.8 Å². The lowest BCUT2D eigenvalue weighted by Crippen LogP contribution is -2.50. The number of nitrogens with zero attached hydrogens (tertiary/aromatic N) is 2. The van der Waals surface area contributed by atoms with Gasteiger partial charge in [-0.25, -0.2) is 0 Å². The van der Waals surface area contributed by atoms with E-state index >= 15 is 0 Å². The smallest absolute Gasteiger partial charge is 0.222 e. The van der Waals surface area contributed by atoms with Crippen LogP contribution in [0.4, 0.5) is 0 Å². The van der Waals surface area contributed by atoms with Gasteiger partial charge in [-0.05, 0) is 123 Å². The van der Waals surface area contributed by atoms with Gasteiger partial charge in [0.15, 0.2) is 0 Å². The van der Waals surface area contributed by atoms with Gasteiger partial charge in [0.05, 0.1) is 12.6 Å². The number of amides is 1. The second-order valence-electron chi connectivity index (χ2n) is 14.3. The van der Waals surface area contributed by atoms with Crippen molar-refractivity contribution in [2.24, 2.45) is 40.4 Å². The first-order valence-corrected chi connectivity index (χ1v) is 16.0. The first-order valence-electron chi connectivity index (χ1n) is 16.0. The molecule has 0 bridgehead atoms. The third-order valence-corrected chi connectivity index (χ3v) is 12.3. The zero-order chi connectivity index (χ0) is 27.2. The summed E-state index contributed by atoms with van der Waals surface area (Å²) in [5, 5.41) is 10.3. The standard InChI is InChI=1S/C34H50N2O3/c1-23(6-11-32(38)36-20-4-5-27(22-36)39-26-14-18-35-19-15-26)29-9-10-30-28-8-7-24-21-25(37)12-16-33(24,2)31(28)13-17-34(29,30)3/h7,14-15,18-19,23,25,27-31,37H,4-6,8-13,16-17,20-22H2,1-3H3/t23?,25-,27-,28-,29+,30-,31-,33-,34+/m0/s1. The van der Waals surface area contributed by atoms with Crippen molar-refractivity contribution in [3.63, 3.8) is 0 Å². The van der Waals surface area contributed by atoms with Gasteiger partial charge in [0.1, 0.15) is 11.9 Å². The van der Waals surface area contributed by atoms with Crippen LogP contribution in [-0.4, -0.2) is 46.2 Å². The largest absolute Gasteiger partial charge is 0.488 e. The lowest BCUT2D eigenvalue weighted by molar-refractivity contribution is -0.134. The average molecular weight is 535 g/mol. The highest BCUT2D eigenvalue weighted by Crippen LogP contribution is 2.67. The number of fused-ring (bicyclic) bond motifs is 5. The molecule has 39 heavy (non-hydrogen) atoms. The zero-order valence-electron chi connectivity index (χ0n) is 24.5. The Kier molecular flexibility index (Phi) is 7.58. The predicted molar refractivity (Wildman–Crippen MR) is 154 cm³/mol. The van der Waals surface area contributed by atoms with E-state index in [1.54, 1.807) is 18.0 Å². The third-order valence-electron chi connectivity index (χ3n) is 12.3. The molecule has 9 atom stereocenters. The minimum Gasteiger partial charge on any atom is -0.488 e. The minimum absolute atomic E-state index is 0.0755. The number of piperidine rings is 1. The normalized spacial score (nSPS) is 40.6. The average Bonchev–Trinajstić information content (AvgIpc) is 3.30. The van der Waals surface area contributed by atoms with Crippen molar-refractivity contribution < 1.29 is 14.6 Å². The van der Waals surface area contributed by atoms with Gasteiger partial charge in [0, 0.05) is 25.4 Å². The topological polar surface area (TPSA) is 62.7 Å². The number of rotatable bonds is 6. The molecule has 3 saturated carbocycles. The second-order valence-corrected chi connectivity index (χ2v) is 14.3. The van der Waals surface area contributed by atoms with Gasteiger partial charge >= 0.3 is 0 Å². The van der Waals surface area contributed by atoms with E-state index in [0.29, 0.717) is 35.6 Å². The van der Waals surface area contributed by atoms with Crippen LogP contribution >= 0.6 is 0 Å². The molecule has 1 aliphatic heterocycles. The number of carbonyl (C=O) groups is 1. The van der Waals surface area contributed by atoms with E-state index in [2.05, 4.69) is 36.7 Å². The molecular weight excluding hydrogens is 484 g/mol. The number of carbonyl (C=O) groups excluding carboxylic acids is 1. The van der Waals surface area contributed by atoms with Crippen molar-refractivity contribution in [1.82, 2.24) is 9.88 Å². The lowest BCUT2D eigenvalue weighted by Gasteiger charge is -2.58. The van der Waals surface area contributed by atoms with Gasteiger partial charge in [-0.15, -0.1) is 0 Å². The fraction of sp³-hybridized carbons (Fsp3) is 0.765. The fourth-order valence-electron chi connectivity index (χ4n) is 10.2. The molecule has 1 N–H and O–H groups in total. The Morgan fingerprint density at radius 3 is 2.77 bits per heavy atom. The molecule has 5 nitrogen and oxygen atoms in total. The Labute approximate surface area is 235 Å². The number of aliphatic hydroxyl groups excluding tert-OH is 1. The van der Waals surface area contributed by atoms with Crippen molar-refractivity contribution in [1.29, 1.82) is 0 Å². The minimum atomic E-state index is -0.126. The van der Waals surface area contributed by atoms with Crippen LogP contribution < -0.4 is 4.74 Å². The number of aromatic nitrogens is 1. The van der Waals surface area contributed by atoms with Gasteiger partial charge in [-0.2, -0.15) is 0 Å². The summed E-state index contributed by atoms with van der Waals surface area (Å²) in [6.07, 6.45) is 19.3. The van der Waals surface area contributed by atoms with Gasteiger partial charge in [-0.1, -0.05) is 32.4 Å². The van der Waals surface area contributed by atoms with Crippen molar-refractivity contribution in [3.8, 4) is 5.75 Å². The van der Waals surface area contributed by atoms with Crippen molar-refractivity contribution >= 4 is 5.91 Å². The van der Waals surface area contributed by atoms with E-state index in [4.69, 9.17) is 4.74 Å². The molecule has 4 fully saturated rings. The van der Waals surface area contributed by atoms with E-state index in [1.807, 2.05) is 12.1 Å². The van der Waals surface area contributed by atoms with Crippen molar-refractivity contribution in [2.45, 2.75) is 110 Å². The van der Waals surface area contributed by atoms with E-state index in [0.717, 1.165) is 74.5 Å². The Morgan fingerprint density at radius 1 is 1.13 bits per heavy atom. The Balaban J connectivity index is 1.05. The monoisotopic (exact) mass is 534 g/mol. The molecule has 1 saturated heterocycles. The SMILES string of the molecule is CC(CCC(=O)N1CCC[C@H](Oc2ccncc2)C1)[C@H]1CC[C@H]2[C@@H]3CC=C4C[C@@H](O)CC[C@]4(C)[C@H]3CC[C@]12C. The molecule has 1 aromatic heterocycles. The van der Waals surface area contributed by atoms with E-state index in [9.17, 15) is 9.90 Å². The molecule has 6 rings (SSSR count). The van der Waals surface area contributed by atoms with Crippen LogP contribution in [0, 0.1) is 40.4 Å². The molecule has 1 aromatic rings. The predicted octanol–water partition coefficient (Wildman–Crippen LogP) is 6.81. The Bertz CT molecular complexity index is 1060. The highest BCUT2D eigenvalue weighted by molar-refractivity contribution is 5.76. The van der Waals surface area contributed by atoms with Crippen LogP contribution in [0.25, 0.3) is 0 Å². The van der Waals surface area contributed by atoms with Crippen LogP contribution in [0.5, 0.6) is 5.75 Å². The second kappa shape index (κ2) is 10.8. The molecule has 0 radical (unpaired) electrons. The number of ether oxygens (including phenoxy) is 1. The van der Waals surface area contributed by atoms with Crippen LogP contribution in [0.3, 0.4) is 0 Å². The maximum atomic E-state index is 13.3. The molecule has 1 amide bonds. The zero-order valence-corrected chi connectivity index (χ0v) is 24.5. The van der Waals surface area contributed by atoms with Gasteiger partial charge in [0.2, 0.25) is 5.91 Å². The number of hydrogen-bond acceptors (Lipinski definition) is 4. The van der Waals surface area contributed by atoms with Crippen LogP contribution in [0.2, 0.25) is 0 Å². The van der Waals surface area contributed by atoms with Gasteiger partial charge in [-0.3, -0.25) is 9.78 Å². The molecule has 2 heterocycles. The van der Waals surface area contributed by atoms with Gasteiger partial charge < -0.3 is 14.7 Å². The van der Waals surface area contributed by atoms with Crippen LogP contribution in [0.15, 0.2) is 36.2 Å². The van der Waals surface area contributed by atoms with E-state index < -0.39 is 0 Å². The highest BCUT2D eigenvalue weighted by atomic mass is 16.5. The summed E-state index contributed by atoms with van der Waals surface area (Å²) >= 11 is 0. The summed E-state index contributed by atoms with van der Waals surface area (Å²) in [7, 11) is 0. The summed E-state index contributed by atoms with van der Waals surface area (Å²) in [6.45, 7) is 9.14. The molecule has 4 aliphatic carbocycles. The Hall–Kier alpha value is -1.88. The highest BCUT2D eigenvalue weighted by Gasteiger charge is 2.59. The van der Waals surface area contributed by atoms with Crippen molar-refractivity contribution in [2.75, 3.05) is 13.1 Å². The molecule has 5 heteroatoms. The maximum Gasteiger partial charge on any atom is 0.222 e. The number of likely N-dealkylation sites (tertiary alicyclic amines) is 1. The van der Waals surface area contributed by atoms with E-state index in [-0.39, 0.29) is 12.2 Å². The number of allylic oxidation sites excluding steroid dienone is 1. The van der Waals surface area contributed by atoms with E-state index in [1.165, 1.54) is 32.1 Å². The lowest BCUT2D eigenvalue weighted by atomic mass is 9.47. The quantitative estimate of drug-likeness (QED) is 0.407. The molecular formula is C34H50N2O3. The molecule has 0 spiro atoms. The molecule has 214 valence electrons. The first kappa shape index (κ1) is 27.3. The summed E-state index contributed by atoms with van der Waals surface area (Å²) in [5.41, 5.74) is 2.29. The summed E-state index contributed by atoms with van der Waals surface area (Å²) in [6, 6.07) is 3.79. The Morgan fingerprint density at radius 2 is 1.95 bits per heavy atom. The summed E-state index contributed by atoms with van der Waals surface area (Å²) in [4.78, 5) is 19.4. The molecule has 1 unspecified atom stereocenters. The third kappa shape index (κ3) is 5.06. The van der Waals surface area contributed by atoms with Crippen LogP contribution in [-0.2, 0) is 4.79 Å². The number of hydrogen-bond donors (Lipinski definition) is 1. The number of aliphatic hydroxyl groups is 1. The maximum absolute atomic E-state index is 13.3. The first-order chi connectivity index (χ1) is 18.8. The van der Waals surface area contributed by atoms with Crippen molar-refractivity contribution in [3.05, 3.63) is 36.2 Å². The fourth-order valence-corrected chi connectivity index (χ4v) is 10.2. The molecule has 0 aromatic carbocycles.